The van der Waals surface area contributed by atoms with Crippen molar-refractivity contribution in [3.63, 3.8) is 0 Å². The van der Waals surface area contributed by atoms with Gasteiger partial charge in [-0.2, -0.15) is 0 Å². The number of carbonyl (C=O) groups is 1. The minimum absolute atomic E-state index is 0.0154. The molecule has 0 aliphatic rings. The van der Waals surface area contributed by atoms with Crippen molar-refractivity contribution in [2.24, 2.45) is 5.92 Å². The highest BCUT2D eigenvalue weighted by Crippen LogP contribution is 2.18. The van der Waals surface area contributed by atoms with E-state index in [4.69, 9.17) is 0 Å². The van der Waals surface area contributed by atoms with Gasteiger partial charge in [-0.3, -0.25) is 4.79 Å². The van der Waals surface area contributed by atoms with Gasteiger partial charge in [-0.05, 0) is 36.4 Å². The Bertz CT molecular complexity index is 415. The van der Waals surface area contributed by atoms with Crippen LogP contribution in [0.3, 0.4) is 0 Å². The predicted molar refractivity (Wildman–Crippen MR) is 86.1 cm³/mol. The van der Waals surface area contributed by atoms with Crippen molar-refractivity contribution in [2.45, 2.75) is 39.7 Å². The fourth-order valence-electron chi connectivity index (χ4n) is 2.20. The number of rotatable bonds is 9. The molecule has 1 aromatic carbocycles. The van der Waals surface area contributed by atoms with E-state index in [2.05, 4.69) is 36.6 Å². The highest BCUT2D eigenvalue weighted by molar-refractivity contribution is 5.72. The van der Waals surface area contributed by atoms with Crippen molar-refractivity contribution in [3.8, 4) is 0 Å². The first-order valence-corrected chi connectivity index (χ1v) is 7.71. The molecule has 1 atom stereocenters. The molecule has 4 heteroatoms. The molecule has 0 aliphatic carbocycles. The monoisotopic (exact) mass is 292 g/mol. The van der Waals surface area contributed by atoms with Crippen molar-refractivity contribution >= 4 is 5.91 Å². The van der Waals surface area contributed by atoms with E-state index in [1.807, 2.05) is 12.1 Å². The highest BCUT2D eigenvalue weighted by Gasteiger charge is 2.07. The zero-order chi connectivity index (χ0) is 15.7. The van der Waals surface area contributed by atoms with Crippen LogP contribution in [0.4, 0.5) is 0 Å². The number of aliphatic hydroxyl groups excluding tert-OH is 1. The molecular formula is C17H28N2O2. The van der Waals surface area contributed by atoms with E-state index >= 15 is 0 Å². The van der Waals surface area contributed by atoms with Gasteiger partial charge in [0.2, 0.25) is 5.91 Å². The maximum absolute atomic E-state index is 10.7. The lowest BCUT2D eigenvalue weighted by molar-refractivity contribution is -0.118. The van der Waals surface area contributed by atoms with E-state index in [9.17, 15) is 9.90 Å². The average molecular weight is 292 g/mol. The summed E-state index contributed by atoms with van der Waals surface area (Å²) in [4.78, 5) is 10.7. The van der Waals surface area contributed by atoms with Crippen LogP contribution >= 0.6 is 0 Å². The summed E-state index contributed by atoms with van der Waals surface area (Å²) in [7, 11) is 0. The summed E-state index contributed by atoms with van der Waals surface area (Å²) in [5.74, 6) is 0.631. The fraction of sp³-hybridized carbons (Fsp3) is 0.588. The topological polar surface area (TPSA) is 61.4 Å². The zero-order valence-corrected chi connectivity index (χ0v) is 13.4. The van der Waals surface area contributed by atoms with Crippen molar-refractivity contribution in [1.29, 1.82) is 0 Å². The molecule has 0 fully saturated rings. The normalized spacial score (nSPS) is 12.4. The lowest BCUT2D eigenvalue weighted by Crippen LogP contribution is -2.31. The van der Waals surface area contributed by atoms with Crippen LogP contribution in [0.5, 0.6) is 0 Å². The molecule has 3 N–H and O–H groups in total. The van der Waals surface area contributed by atoms with Gasteiger partial charge in [0.05, 0.1) is 6.10 Å². The molecule has 0 spiro atoms. The molecule has 1 rings (SSSR count). The molecule has 1 unspecified atom stereocenters. The average Bonchev–Trinajstić information content (AvgIpc) is 2.42. The fourth-order valence-corrected chi connectivity index (χ4v) is 2.20. The van der Waals surface area contributed by atoms with Gasteiger partial charge in [0.25, 0.3) is 0 Å². The third-order valence-corrected chi connectivity index (χ3v) is 3.28. The van der Waals surface area contributed by atoms with Crippen molar-refractivity contribution < 1.29 is 9.90 Å². The molecule has 0 aliphatic heterocycles. The van der Waals surface area contributed by atoms with E-state index in [1.54, 1.807) is 0 Å². The molecule has 0 aromatic heterocycles. The minimum atomic E-state index is -0.439. The number of aliphatic hydroxyl groups is 1. The van der Waals surface area contributed by atoms with Crippen LogP contribution in [0.25, 0.3) is 0 Å². The number of amides is 1. The van der Waals surface area contributed by atoms with Crippen LogP contribution in [-0.4, -0.2) is 30.6 Å². The molecule has 0 radical (unpaired) electrons. The Morgan fingerprint density at radius 2 is 1.81 bits per heavy atom. The maximum Gasteiger partial charge on any atom is 0.216 e. The quantitative estimate of drug-likeness (QED) is 0.610. The van der Waals surface area contributed by atoms with E-state index in [0.717, 1.165) is 25.1 Å². The van der Waals surface area contributed by atoms with Crippen LogP contribution in [0.1, 0.15) is 44.4 Å². The Hall–Kier alpha value is -1.39. The summed E-state index contributed by atoms with van der Waals surface area (Å²) in [6, 6.07) is 8.23. The Morgan fingerprint density at radius 3 is 2.38 bits per heavy atom. The molecule has 0 saturated carbocycles. The molecule has 0 saturated heterocycles. The first-order chi connectivity index (χ1) is 9.99. The minimum Gasteiger partial charge on any atom is -0.388 e. The molecule has 118 valence electrons. The van der Waals surface area contributed by atoms with Gasteiger partial charge in [-0.1, -0.05) is 38.1 Å². The Kier molecular flexibility index (Phi) is 8.01. The number of hydrogen-bond donors (Lipinski definition) is 3. The summed E-state index contributed by atoms with van der Waals surface area (Å²) in [6.07, 6.45) is 1.30. The summed E-state index contributed by atoms with van der Waals surface area (Å²) in [6.45, 7) is 7.99. The van der Waals surface area contributed by atoms with Crippen LogP contribution in [0.15, 0.2) is 24.3 Å². The standard InChI is InChI=1S/C17H28N2O2/c1-13(2)12-15-4-6-16(7-5-15)17(21)8-9-18-10-11-19-14(3)20/h4-7,13,17-18,21H,8-12H2,1-3H3,(H,19,20). The van der Waals surface area contributed by atoms with E-state index in [1.165, 1.54) is 12.5 Å². The van der Waals surface area contributed by atoms with Crippen LogP contribution in [0, 0.1) is 5.92 Å². The number of benzene rings is 1. The molecule has 0 heterocycles. The van der Waals surface area contributed by atoms with Crippen molar-refractivity contribution in [3.05, 3.63) is 35.4 Å². The third-order valence-electron chi connectivity index (χ3n) is 3.28. The molecule has 4 nitrogen and oxygen atoms in total. The Balaban J connectivity index is 2.25. The zero-order valence-electron chi connectivity index (χ0n) is 13.4. The van der Waals surface area contributed by atoms with E-state index in [0.29, 0.717) is 18.9 Å². The number of carbonyl (C=O) groups excluding carboxylic acids is 1. The van der Waals surface area contributed by atoms with Crippen molar-refractivity contribution in [2.75, 3.05) is 19.6 Å². The van der Waals surface area contributed by atoms with Crippen LogP contribution in [0.2, 0.25) is 0 Å². The molecule has 1 aromatic rings. The third kappa shape index (κ3) is 7.83. The SMILES string of the molecule is CC(=O)NCCNCCC(O)c1ccc(CC(C)C)cc1. The van der Waals surface area contributed by atoms with E-state index in [-0.39, 0.29) is 5.91 Å². The smallest absolute Gasteiger partial charge is 0.216 e. The van der Waals surface area contributed by atoms with Gasteiger partial charge in [-0.25, -0.2) is 0 Å². The summed E-state index contributed by atoms with van der Waals surface area (Å²) >= 11 is 0. The van der Waals surface area contributed by atoms with Gasteiger partial charge < -0.3 is 15.7 Å². The lowest BCUT2D eigenvalue weighted by Gasteiger charge is -2.13. The molecule has 21 heavy (non-hydrogen) atoms. The van der Waals surface area contributed by atoms with Gasteiger partial charge in [-0.15, -0.1) is 0 Å². The second-order valence-corrected chi connectivity index (χ2v) is 5.88. The second kappa shape index (κ2) is 9.53. The first-order valence-electron chi connectivity index (χ1n) is 7.71. The van der Waals surface area contributed by atoms with Crippen LogP contribution in [-0.2, 0) is 11.2 Å². The lowest BCUT2D eigenvalue weighted by atomic mass is 9.99. The van der Waals surface area contributed by atoms with Gasteiger partial charge in [0, 0.05) is 20.0 Å². The largest absolute Gasteiger partial charge is 0.388 e. The van der Waals surface area contributed by atoms with Crippen LogP contribution < -0.4 is 10.6 Å². The maximum atomic E-state index is 10.7. The summed E-state index contributed by atoms with van der Waals surface area (Å²) in [5, 5.41) is 16.1. The summed E-state index contributed by atoms with van der Waals surface area (Å²) in [5.41, 5.74) is 2.28. The second-order valence-electron chi connectivity index (χ2n) is 5.88. The van der Waals surface area contributed by atoms with Gasteiger partial charge in [0.1, 0.15) is 0 Å². The predicted octanol–water partition coefficient (Wildman–Crippen LogP) is 2.03. The van der Waals surface area contributed by atoms with Crippen molar-refractivity contribution in [1.82, 2.24) is 10.6 Å². The highest BCUT2D eigenvalue weighted by atomic mass is 16.3. The molecule has 1 amide bonds. The Morgan fingerprint density at radius 1 is 1.14 bits per heavy atom. The molecular weight excluding hydrogens is 264 g/mol. The molecule has 0 bridgehead atoms. The Labute approximate surface area is 128 Å². The first kappa shape index (κ1) is 17.7. The van der Waals surface area contributed by atoms with Gasteiger partial charge in [0.15, 0.2) is 0 Å². The van der Waals surface area contributed by atoms with Gasteiger partial charge >= 0.3 is 0 Å². The number of hydrogen-bond acceptors (Lipinski definition) is 3. The van der Waals surface area contributed by atoms with E-state index < -0.39 is 6.10 Å². The number of nitrogens with one attached hydrogen (secondary N) is 2. The summed E-state index contributed by atoms with van der Waals surface area (Å²) < 4.78 is 0.